The fourth-order valence-corrected chi connectivity index (χ4v) is 1.96. The molecule has 5 heteroatoms. The van der Waals surface area contributed by atoms with Crippen LogP contribution in [0.3, 0.4) is 0 Å². The van der Waals surface area contributed by atoms with Crippen molar-refractivity contribution in [3.63, 3.8) is 0 Å². The van der Waals surface area contributed by atoms with Gasteiger partial charge in [-0.15, -0.1) is 0 Å². The number of benzene rings is 1. The highest BCUT2D eigenvalue weighted by Gasteiger charge is 2.16. The average molecular weight is 237 g/mol. The Bertz CT molecular complexity index is 535. The Labute approximate surface area is 96.7 Å². The predicted molar refractivity (Wildman–Crippen MR) is 61.7 cm³/mol. The molecule has 1 heterocycles. The van der Waals surface area contributed by atoms with E-state index >= 15 is 0 Å². The van der Waals surface area contributed by atoms with Crippen molar-refractivity contribution < 1.29 is 14.3 Å². The largest absolute Gasteiger partial charge is 0.480 e. The molecule has 4 nitrogen and oxygen atoms in total. The number of hydrogen-bond acceptors (Lipinski definition) is 4. The fraction of sp³-hybridized carbons (Fsp3) is 0.273. The summed E-state index contributed by atoms with van der Waals surface area (Å²) >= 11 is 1.11. The van der Waals surface area contributed by atoms with Gasteiger partial charge in [0.2, 0.25) is 0 Å². The van der Waals surface area contributed by atoms with Crippen LogP contribution in [-0.4, -0.2) is 21.3 Å². The van der Waals surface area contributed by atoms with E-state index in [1.807, 2.05) is 25.1 Å². The summed E-state index contributed by atoms with van der Waals surface area (Å²) < 4.78 is 5.43. The Morgan fingerprint density at radius 2 is 2.31 bits per heavy atom. The van der Waals surface area contributed by atoms with Gasteiger partial charge in [0.15, 0.2) is 5.58 Å². The van der Waals surface area contributed by atoms with Gasteiger partial charge in [0.25, 0.3) is 5.22 Å². The maximum atomic E-state index is 10.7. The number of oxazole rings is 1. The van der Waals surface area contributed by atoms with E-state index in [0.29, 0.717) is 10.8 Å². The smallest absolute Gasteiger partial charge is 0.316 e. The number of carboxylic acids is 1. The van der Waals surface area contributed by atoms with Crippen molar-refractivity contribution in [2.45, 2.75) is 24.3 Å². The third-order valence-corrected chi connectivity index (χ3v) is 3.08. The number of aryl methyl sites for hydroxylation is 1. The molecule has 0 saturated carbocycles. The summed E-state index contributed by atoms with van der Waals surface area (Å²) in [4.78, 5) is 14.9. The highest BCUT2D eigenvalue weighted by molar-refractivity contribution is 8.00. The van der Waals surface area contributed by atoms with E-state index in [2.05, 4.69) is 4.98 Å². The fourth-order valence-electron chi connectivity index (χ4n) is 1.27. The minimum atomic E-state index is -0.872. The average Bonchev–Trinajstić information content (AvgIpc) is 2.58. The number of fused-ring (bicyclic) bond motifs is 1. The highest BCUT2D eigenvalue weighted by atomic mass is 32.2. The molecule has 1 aromatic carbocycles. The Kier molecular flexibility index (Phi) is 2.87. The summed E-state index contributed by atoms with van der Waals surface area (Å²) in [5.74, 6) is -0.872. The van der Waals surface area contributed by atoms with E-state index in [-0.39, 0.29) is 0 Å². The van der Waals surface area contributed by atoms with Crippen LogP contribution in [0.25, 0.3) is 11.1 Å². The Hall–Kier alpha value is -1.49. The lowest BCUT2D eigenvalue weighted by Gasteiger charge is -1.99. The summed E-state index contributed by atoms with van der Waals surface area (Å²) in [7, 11) is 0. The molecule has 2 aromatic rings. The first-order valence-corrected chi connectivity index (χ1v) is 5.71. The molecule has 84 valence electrons. The number of carboxylic acid groups (broad SMARTS) is 1. The maximum absolute atomic E-state index is 10.7. The second kappa shape index (κ2) is 4.17. The van der Waals surface area contributed by atoms with Crippen molar-refractivity contribution in [1.29, 1.82) is 0 Å². The molecule has 1 atom stereocenters. The van der Waals surface area contributed by atoms with Crippen LogP contribution in [0.2, 0.25) is 0 Å². The number of aliphatic carboxylic acids is 1. The number of thioether (sulfide) groups is 1. The van der Waals surface area contributed by atoms with Crippen LogP contribution >= 0.6 is 11.8 Å². The van der Waals surface area contributed by atoms with E-state index in [4.69, 9.17) is 9.52 Å². The SMILES string of the molecule is Cc1ccc2oc(SC(C)C(=O)O)nc2c1. The number of aromatic nitrogens is 1. The molecule has 2 rings (SSSR count). The lowest BCUT2D eigenvalue weighted by molar-refractivity contribution is -0.136. The molecule has 0 amide bonds. The molecular formula is C11H11NO3S. The van der Waals surface area contributed by atoms with Crippen molar-refractivity contribution in [3.05, 3.63) is 23.8 Å². The van der Waals surface area contributed by atoms with Gasteiger partial charge in [-0.05, 0) is 31.5 Å². The van der Waals surface area contributed by atoms with Crippen molar-refractivity contribution in [3.8, 4) is 0 Å². The van der Waals surface area contributed by atoms with Crippen LogP contribution in [0.5, 0.6) is 0 Å². The van der Waals surface area contributed by atoms with Crippen LogP contribution in [0, 0.1) is 6.92 Å². The first-order valence-electron chi connectivity index (χ1n) is 4.83. The van der Waals surface area contributed by atoms with Crippen LogP contribution in [-0.2, 0) is 4.79 Å². The Balaban J connectivity index is 2.29. The number of rotatable bonds is 3. The highest BCUT2D eigenvalue weighted by Crippen LogP contribution is 2.27. The molecule has 0 fully saturated rings. The predicted octanol–water partition coefficient (Wildman–Crippen LogP) is 2.70. The van der Waals surface area contributed by atoms with Gasteiger partial charge >= 0.3 is 5.97 Å². The summed E-state index contributed by atoms with van der Waals surface area (Å²) in [5, 5.41) is 8.61. The zero-order valence-electron chi connectivity index (χ0n) is 8.93. The molecule has 16 heavy (non-hydrogen) atoms. The molecule has 0 aliphatic carbocycles. The van der Waals surface area contributed by atoms with Gasteiger partial charge in [-0.2, -0.15) is 0 Å². The summed E-state index contributed by atoms with van der Waals surface area (Å²) in [6.07, 6.45) is 0. The molecule has 0 spiro atoms. The molecule has 1 N–H and O–H groups in total. The summed E-state index contributed by atoms with van der Waals surface area (Å²) in [6, 6.07) is 5.68. The third kappa shape index (κ3) is 2.19. The third-order valence-electron chi connectivity index (χ3n) is 2.15. The second-order valence-corrected chi connectivity index (χ2v) is 4.84. The van der Waals surface area contributed by atoms with Gasteiger partial charge in [-0.1, -0.05) is 17.8 Å². The van der Waals surface area contributed by atoms with E-state index < -0.39 is 11.2 Å². The van der Waals surface area contributed by atoms with Gasteiger partial charge in [0.05, 0.1) is 0 Å². The molecule has 1 aromatic heterocycles. The lowest BCUT2D eigenvalue weighted by atomic mass is 10.2. The van der Waals surface area contributed by atoms with Crippen molar-refractivity contribution in [2.24, 2.45) is 0 Å². The molecule has 0 bridgehead atoms. The molecule has 0 radical (unpaired) electrons. The Morgan fingerprint density at radius 3 is 3.00 bits per heavy atom. The molecular weight excluding hydrogens is 226 g/mol. The zero-order valence-corrected chi connectivity index (χ0v) is 9.75. The zero-order chi connectivity index (χ0) is 11.7. The van der Waals surface area contributed by atoms with Crippen molar-refractivity contribution >= 4 is 28.8 Å². The standard InChI is InChI=1S/C11H11NO3S/c1-6-3-4-9-8(5-6)12-11(15-9)16-7(2)10(13)14/h3-5,7H,1-2H3,(H,13,14). The van der Waals surface area contributed by atoms with Gasteiger partial charge in [-0.25, -0.2) is 4.98 Å². The van der Waals surface area contributed by atoms with Crippen LogP contribution < -0.4 is 0 Å². The number of nitrogens with zero attached hydrogens (tertiary/aromatic N) is 1. The molecule has 0 aliphatic heterocycles. The van der Waals surface area contributed by atoms with Gasteiger partial charge in [-0.3, -0.25) is 4.79 Å². The normalized spacial score (nSPS) is 12.9. The summed E-state index contributed by atoms with van der Waals surface area (Å²) in [6.45, 7) is 3.58. The molecule has 0 aliphatic rings. The monoisotopic (exact) mass is 237 g/mol. The Morgan fingerprint density at radius 1 is 1.56 bits per heavy atom. The minimum Gasteiger partial charge on any atom is -0.480 e. The molecule has 0 saturated heterocycles. The van der Waals surface area contributed by atoms with Gasteiger partial charge in [0, 0.05) is 0 Å². The van der Waals surface area contributed by atoms with Crippen molar-refractivity contribution in [2.75, 3.05) is 0 Å². The van der Waals surface area contributed by atoms with E-state index in [0.717, 1.165) is 22.8 Å². The number of carbonyl (C=O) groups is 1. The first-order chi connectivity index (χ1) is 7.56. The quantitative estimate of drug-likeness (QED) is 0.831. The topological polar surface area (TPSA) is 63.3 Å². The lowest BCUT2D eigenvalue weighted by Crippen LogP contribution is -2.10. The van der Waals surface area contributed by atoms with Crippen molar-refractivity contribution in [1.82, 2.24) is 4.98 Å². The first kappa shape index (κ1) is 11.0. The van der Waals surface area contributed by atoms with E-state index in [9.17, 15) is 4.79 Å². The van der Waals surface area contributed by atoms with Crippen LogP contribution in [0.1, 0.15) is 12.5 Å². The van der Waals surface area contributed by atoms with E-state index in [1.54, 1.807) is 6.92 Å². The molecule has 1 unspecified atom stereocenters. The van der Waals surface area contributed by atoms with Crippen LogP contribution in [0.15, 0.2) is 27.8 Å². The number of hydrogen-bond donors (Lipinski definition) is 1. The second-order valence-electron chi connectivity index (χ2n) is 3.55. The maximum Gasteiger partial charge on any atom is 0.316 e. The van der Waals surface area contributed by atoms with Gasteiger partial charge in [0.1, 0.15) is 10.8 Å². The van der Waals surface area contributed by atoms with Crippen LogP contribution in [0.4, 0.5) is 0 Å². The minimum absolute atomic E-state index is 0.399. The van der Waals surface area contributed by atoms with Gasteiger partial charge < -0.3 is 9.52 Å². The van der Waals surface area contributed by atoms with E-state index in [1.165, 1.54) is 0 Å². The summed E-state index contributed by atoms with van der Waals surface area (Å²) in [5.41, 5.74) is 2.55.